The van der Waals surface area contributed by atoms with E-state index in [4.69, 9.17) is 16.3 Å². The molecule has 0 spiro atoms. The molecule has 0 aliphatic heterocycles. The molecule has 1 amide bonds. The Kier molecular flexibility index (Phi) is 6.42. The molecule has 0 heterocycles. The number of benzene rings is 2. The van der Waals surface area contributed by atoms with Gasteiger partial charge in [0.2, 0.25) is 0 Å². The van der Waals surface area contributed by atoms with E-state index in [1.807, 2.05) is 24.3 Å². The molecule has 7 heteroatoms. The van der Waals surface area contributed by atoms with E-state index in [0.717, 1.165) is 14.5 Å². The van der Waals surface area contributed by atoms with Crippen molar-refractivity contribution in [3.63, 3.8) is 0 Å². The number of nitrogens with zero attached hydrogens (tertiary/aromatic N) is 1. The highest BCUT2D eigenvalue weighted by atomic mass is 79.9. The van der Waals surface area contributed by atoms with Crippen LogP contribution in [0.25, 0.3) is 0 Å². The first kappa shape index (κ1) is 17.0. The van der Waals surface area contributed by atoms with Crippen molar-refractivity contribution in [2.24, 2.45) is 5.10 Å². The van der Waals surface area contributed by atoms with Crippen molar-refractivity contribution in [3.05, 3.63) is 62.0 Å². The molecule has 1 N–H and O–H groups in total. The van der Waals surface area contributed by atoms with Gasteiger partial charge in [-0.05, 0) is 40.2 Å². The lowest BCUT2D eigenvalue weighted by Crippen LogP contribution is -2.24. The van der Waals surface area contributed by atoms with Gasteiger partial charge in [-0.3, -0.25) is 4.79 Å². The molecule has 4 nitrogen and oxygen atoms in total. The molecule has 0 atom stereocenters. The topological polar surface area (TPSA) is 50.7 Å². The Morgan fingerprint density at radius 1 is 1.27 bits per heavy atom. The molecule has 0 aliphatic carbocycles. The summed E-state index contributed by atoms with van der Waals surface area (Å²) in [6.07, 6.45) is 1.48. The summed E-state index contributed by atoms with van der Waals surface area (Å²) in [5.74, 6) is 0.214. The van der Waals surface area contributed by atoms with Crippen molar-refractivity contribution in [3.8, 4) is 5.75 Å². The molecule has 0 aromatic heterocycles. The van der Waals surface area contributed by atoms with Crippen LogP contribution in [0.2, 0.25) is 5.02 Å². The van der Waals surface area contributed by atoms with Crippen molar-refractivity contribution in [1.82, 2.24) is 5.43 Å². The first-order valence-electron chi connectivity index (χ1n) is 6.20. The summed E-state index contributed by atoms with van der Waals surface area (Å²) in [6, 6.07) is 12.6. The quantitative estimate of drug-likeness (QED) is 0.547. The first-order valence-corrected chi connectivity index (χ1v) is 8.17. The molecule has 114 valence electrons. The Labute approximate surface area is 149 Å². The molecule has 0 fully saturated rings. The molecular weight excluding hydrogens is 435 g/mol. The van der Waals surface area contributed by atoms with E-state index in [0.29, 0.717) is 10.8 Å². The Hall–Kier alpha value is -1.37. The highest BCUT2D eigenvalue weighted by molar-refractivity contribution is 9.11. The minimum Gasteiger partial charge on any atom is -0.483 e. The van der Waals surface area contributed by atoms with E-state index in [1.165, 1.54) is 6.21 Å². The number of hydrazone groups is 1. The van der Waals surface area contributed by atoms with Gasteiger partial charge in [0.15, 0.2) is 6.61 Å². The zero-order valence-corrected chi connectivity index (χ0v) is 15.2. The number of nitrogens with one attached hydrogen (secondary N) is 1. The van der Waals surface area contributed by atoms with E-state index >= 15 is 0 Å². The van der Waals surface area contributed by atoms with Crippen LogP contribution in [0.4, 0.5) is 0 Å². The minimum absolute atomic E-state index is 0.139. The van der Waals surface area contributed by atoms with Gasteiger partial charge >= 0.3 is 0 Å². The van der Waals surface area contributed by atoms with Crippen LogP contribution in [0.15, 0.2) is 56.5 Å². The fourth-order valence-electron chi connectivity index (χ4n) is 1.52. The SMILES string of the molecule is O=C(COc1ccc(Br)cc1Br)N/N=C\c1ccccc1Cl. The van der Waals surface area contributed by atoms with Crippen molar-refractivity contribution < 1.29 is 9.53 Å². The van der Waals surface area contributed by atoms with Gasteiger partial charge in [0.05, 0.1) is 10.7 Å². The number of hydrogen-bond donors (Lipinski definition) is 1. The predicted molar refractivity (Wildman–Crippen MR) is 94.5 cm³/mol. The van der Waals surface area contributed by atoms with Crippen molar-refractivity contribution in [1.29, 1.82) is 0 Å². The van der Waals surface area contributed by atoms with Gasteiger partial charge in [-0.2, -0.15) is 5.10 Å². The number of halogens is 3. The van der Waals surface area contributed by atoms with Crippen LogP contribution >= 0.6 is 43.5 Å². The van der Waals surface area contributed by atoms with Crippen LogP contribution in [-0.4, -0.2) is 18.7 Å². The van der Waals surface area contributed by atoms with E-state index < -0.39 is 0 Å². The van der Waals surface area contributed by atoms with Crippen LogP contribution in [0.1, 0.15) is 5.56 Å². The van der Waals surface area contributed by atoms with Gasteiger partial charge in [0.1, 0.15) is 5.75 Å². The summed E-state index contributed by atoms with van der Waals surface area (Å²) in [5, 5.41) is 4.41. The largest absolute Gasteiger partial charge is 0.483 e. The highest BCUT2D eigenvalue weighted by Gasteiger charge is 2.05. The van der Waals surface area contributed by atoms with Crippen LogP contribution in [0.5, 0.6) is 5.75 Å². The molecule has 0 aliphatic rings. The summed E-state index contributed by atoms with van der Waals surface area (Å²) in [4.78, 5) is 11.7. The number of amides is 1. The van der Waals surface area contributed by atoms with Crippen molar-refractivity contribution >= 4 is 55.6 Å². The Morgan fingerprint density at radius 3 is 2.77 bits per heavy atom. The van der Waals surface area contributed by atoms with E-state index in [2.05, 4.69) is 42.4 Å². The molecule has 2 aromatic carbocycles. The molecule has 2 rings (SSSR count). The summed E-state index contributed by atoms with van der Waals surface area (Å²) in [7, 11) is 0. The monoisotopic (exact) mass is 444 g/mol. The third-order valence-electron chi connectivity index (χ3n) is 2.55. The summed E-state index contributed by atoms with van der Waals surface area (Å²) < 4.78 is 7.08. The third-order valence-corrected chi connectivity index (χ3v) is 4.01. The van der Waals surface area contributed by atoms with E-state index in [9.17, 15) is 4.79 Å². The molecular formula is C15H11Br2ClN2O2. The smallest absolute Gasteiger partial charge is 0.277 e. The van der Waals surface area contributed by atoms with Crippen LogP contribution in [-0.2, 0) is 4.79 Å². The van der Waals surface area contributed by atoms with Gasteiger partial charge in [0, 0.05) is 15.1 Å². The number of carbonyl (C=O) groups excluding carboxylic acids is 1. The lowest BCUT2D eigenvalue weighted by molar-refractivity contribution is -0.123. The predicted octanol–water partition coefficient (Wildman–Crippen LogP) is 4.39. The number of carbonyl (C=O) groups is 1. The van der Waals surface area contributed by atoms with Gasteiger partial charge in [-0.15, -0.1) is 0 Å². The highest BCUT2D eigenvalue weighted by Crippen LogP contribution is 2.28. The van der Waals surface area contributed by atoms with Crippen LogP contribution < -0.4 is 10.2 Å². The zero-order chi connectivity index (χ0) is 15.9. The van der Waals surface area contributed by atoms with E-state index in [-0.39, 0.29) is 12.5 Å². The molecule has 0 saturated carbocycles. The second kappa shape index (κ2) is 8.31. The number of rotatable bonds is 5. The molecule has 0 bridgehead atoms. The lowest BCUT2D eigenvalue weighted by atomic mass is 10.2. The first-order chi connectivity index (χ1) is 10.6. The molecule has 22 heavy (non-hydrogen) atoms. The standard InChI is InChI=1S/C15H11Br2ClN2O2/c16-11-5-6-14(12(17)7-11)22-9-15(21)20-19-8-10-3-1-2-4-13(10)18/h1-8H,9H2,(H,20,21)/b19-8-. The van der Waals surface area contributed by atoms with Gasteiger partial charge in [-0.1, -0.05) is 45.7 Å². The molecule has 0 saturated heterocycles. The fourth-order valence-corrected chi connectivity index (χ4v) is 2.87. The molecule has 0 radical (unpaired) electrons. The van der Waals surface area contributed by atoms with Crippen LogP contribution in [0.3, 0.4) is 0 Å². The summed E-state index contributed by atoms with van der Waals surface area (Å²) in [6.45, 7) is -0.139. The van der Waals surface area contributed by atoms with Crippen molar-refractivity contribution in [2.45, 2.75) is 0 Å². The molecule has 0 unspecified atom stereocenters. The average Bonchev–Trinajstić information content (AvgIpc) is 2.48. The second-order valence-electron chi connectivity index (χ2n) is 4.18. The maximum absolute atomic E-state index is 11.7. The maximum Gasteiger partial charge on any atom is 0.277 e. The summed E-state index contributed by atoms with van der Waals surface area (Å²) in [5.41, 5.74) is 3.10. The third kappa shape index (κ3) is 5.12. The Balaban J connectivity index is 1.84. The Bertz CT molecular complexity index is 708. The normalized spacial score (nSPS) is 10.7. The maximum atomic E-state index is 11.7. The molecule has 2 aromatic rings. The van der Waals surface area contributed by atoms with Gasteiger partial charge < -0.3 is 4.74 Å². The Morgan fingerprint density at radius 2 is 2.05 bits per heavy atom. The van der Waals surface area contributed by atoms with E-state index in [1.54, 1.807) is 18.2 Å². The zero-order valence-electron chi connectivity index (χ0n) is 11.2. The van der Waals surface area contributed by atoms with Gasteiger partial charge in [0.25, 0.3) is 5.91 Å². The lowest BCUT2D eigenvalue weighted by Gasteiger charge is -2.07. The number of ether oxygens (including phenoxy) is 1. The van der Waals surface area contributed by atoms with Crippen LogP contribution in [0, 0.1) is 0 Å². The minimum atomic E-state index is -0.363. The number of hydrogen-bond acceptors (Lipinski definition) is 3. The fraction of sp³-hybridized carbons (Fsp3) is 0.0667. The average molecular weight is 447 g/mol. The van der Waals surface area contributed by atoms with Gasteiger partial charge in [-0.25, -0.2) is 5.43 Å². The van der Waals surface area contributed by atoms with Crippen molar-refractivity contribution in [2.75, 3.05) is 6.61 Å². The second-order valence-corrected chi connectivity index (χ2v) is 6.36. The summed E-state index contributed by atoms with van der Waals surface area (Å²) >= 11 is 12.7.